The van der Waals surface area contributed by atoms with E-state index < -0.39 is 46.4 Å². The Morgan fingerprint density at radius 1 is 0.850 bits per heavy atom. The molecule has 0 N–H and O–H groups in total. The number of allylic oxidation sites excluding steroid dienone is 1. The van der Waals surface area contributed by atoms with Gasteiger partial charge in [-0.25, -0.2) is 4.90 Å². The smallest absolute Gasteiger partial charge is 0.319 e. The standard InChI is InChI=1S/C32H22N2O6/c1-17-11-13-20(34(38)39)15-24(17)33-30(35)27-22(18-7-3-2-4-8-18)16-23-26-21-10-6-5-9-19(21)12-14-25(26)40-32(37)28(23)29(27)31(33)36/h2-16,22,27-29H,1H3/t22-,27+,28-,29+/m1/s1. The highest BCUT2D eigenvalue weighted by atomic mass is 16.6. The third-order valence-electron chi connectivity index (χ3n) is 8.31. The Bertz CT molecular complexity index is 1810. The highest BCUT2D eigenvalue weighted by Gasteiger charge is 2.60. The summed E-state index contributed by atoms with van der Waals surface area (Å²) in [6.45, 7) is 1.69. The van der Waals surface area contributed by atoms with Gasteiger partial charge in [-0.15, -0.1) is 0 Å². The summed E-state index contributed by atoms with van der Waals surface area (Å²) in [6, 6.07) is 24.9. The number of hydrogen-bond donors (Lipinski definition) is 0. The van der Waals surface area contributed by atoms with Crippen molar-refractivity contribution in [3.63, 3.8) is 0 Å². The van der Waals surface area contributed by atoms with Gasteiger partial charge in [0.05, 0.1) is 28.4 Å². The van der Waals surface area contributed by atoms with Crippen LogP contribution >= 0.6 is 0 Å². The molecule has 4 aromatic rings. The second kappa shape index (κ2) is 8.71. The molecule has 196 valence electrons. The molecular formula is C32H22N2O6. The van der Waals surface area contributed by atoms with Crippen molar-refractivity contribution in [2.45, 2.75) is 12.8 Å². The predicted octanol–water partition coefficient (Wildman–Crippen LogP) is 5.58. The van der Waals surface area contributed by atoms with Gasteiger partial charge in [0.2, 0.25) is 11.8 Å². The SMILES string of the molecule is Cc1ccc([N+](=O)[O-])cc1N1C(=O)[C@@H]2[C@@H]3C(=O)Oc4ccc5ccccc5c4C3=C[C@H](c3ccccc3)[C@@H]2C1=O. The van der Waals surface area contributed by atoms with E-state index in [1.807, 2.05) is 66.7 Å². The first-order chi connectivity index (χ1) is 19.3. The molecule has 0 aromatic heterocycles. The number of hydrogen-bond acceptors (Lipinski definition) is 6. The van der Waals surface area contributed by atoms with Gasteiger partial charge in [-0.2, -0.15) is 0 Å². The van der Waals surface area contributed by atoms with Crippen LogP contribution in [0.15, 0.2) is 91.0 Å². The van der Waals surface area contributed by atoms with Gasteiger partial charge in [-0.3, -0.25) is 24.5 Å². The number of fused-ring (bicyclic) bond motifs is 7. The van der Waals surface area contributed by atoms with Crippen molar-refractivity contribution < 1.29 is 24.0 Å². The summed E-state index contributed by atoms with van der Waals surface area (Å²) >= 11 is 0. The monoisotopic (exact) mass is 530 g/mol. The molecule has 0 radical (unpaired) electrons. The number of anilines is 1. The van der Waals surface area contributed by atoms with E-state index in [0.29, 0.717) is 16.9 Å². The Hall–Kier alpha value is -5.11. The Kier molecular flexibility index (Phi) is 5.22. The lowest BCUT2D eigenvalue weighted by atomic mass is 9.64. The molecule has 40 heavy (non-hydrogen) atoms. The number of esters is 1. The molecule has 1 fully saturated rings. The van der Waals surface area contributed by atoms with Gasteiger partial charge in [0.25, 0.3) is 5.69 Å². The van der Waals surface area contributed by atoms with Crippen LogP contribution in [0.2, 0.25) is 0 Å². The van der Waals surface area contributed by atoms with E-state index in [-0.39, 0.29) is 11.4 Å². The third kappa shape index (κ3) is 3.35. The predicted molar refractivity (Wildman–Crippen MR) is 148 cm³/mol. The zero-order valence-electron chi connectivity index (χ0n) is 21.3. The minimum atomic E-state index is -1.03. The van der Waals surface area contributed by atoms with E-state index in [0.717, 1.165) is 26.8 Å². The Morgan fingerprint density at radius 3 is 2.35 bits per heavy atom. The average Bonchev–Trinajstić information content (AvgIpc) is 3.22. The molecule has 8 nitrogen and oxygen atoms in total. The fourth-order valence-electron chi connectivity index (χ4n) is 6.52. The van der Waals surface area contributed by atoms with Crippen LogP contribution in [0, 0.1) is 34.8 Å². The van der Waals surface area contributed by atoms with E-state index >= 15 is 0 Å². The summed E-state index contributed by atoms with van der Waals surface area (Å²) in [5.41, 5.74) is 2.71. The van der Waals surface area contributed by atoms with Gasteiger partial charge in [-0.05, 0) is 40.5 Å². The summed E-state index contributed by atoms with van der Waals surface area (Å²) in [4.78, 5) is 54.0. The maximum Gasteiger partial charge on any atom is 0.319 e. The van der Waals surface area contributed by atoms with Gasteiger partial charge in [0.1, 0.15) is 5.75 Å². The number of non-ortho nitro benzene ring substituents is 1. The third-order valence-corrected chi connectivity index (χ3v) is 8.31. The fourth-order valence-corrected chi connectivity index (χ4v) is 6.52. The molecular weight excluding hydrogens is 508 g/mol. The summed E-state index contributed by atoms with van der Waals surface area (Å²) in [5.74, 6) is -4.63. The number of nitrogens with zero attached hydrogens (tertiary/aromatic N) is 2. The van der Waals surface area contributed by atoms with Crippen LogP contribution in [0.25, 0.3) is 16.3 Å². The van der Waals surface area contributed by atoms with Crippen LogP contribution in [0.1, 0.15) is 22.6 Å². The molecule has 4 atom stereocenters. The first-order valence-electron chi connectivity index (χ1n) is 13.0. The van der Waals surface area contributed by atoms with Crippen molar-refractivity contribution in [3.05, 3.63) is 118 Å². The molecule has 0 bridgehead atoms. The zero-order chi connectivity index (χ0) is 27.7. The number of nitro groups is 1. The molecule has 2 amide bonds. The molecule has 4 aromatic carbocycles. The van der Waals surface area contributed by atoms with Crippen LogP contribution in [-0.2, 0) is 14.4 Å². The number of ether oxygens (including phenoxy) is 1. The second-order valence-electron chi connectivity index (χ2n) is 10.4. The van der Waals surface area contributed by atoms with Gasteiger partial charge in [-0.1, -0.05) is 72.8 Å². The van der Waals surface area contributed by atoms with Crippen molar-refractivity contribution in [2.75, 3.05) is 4.90 Å². The van der Waals surface area contributed by atoms with Crippen LogP contribution in [-0.4, -0.2) is 22.7 Å². The number of benzene rings is 4. The van der Waals surface area contributed by atoms with E-state index in [1.165, 1.54) is 18.2 Å². The molecule has 7 rings (SSSR count). The minimum Gasteiger partial charge on any atom is -0.425 e. The maximum atomic E-state index is 14.2. The van der Waals surface area contributed by atoms with E-state index in [2.05, 4.69) is 0 Å². The number of aryl methyl sites for hydroxylation is 1. The molecule has 1 aliphatic carbocycles. The van der Waals surface area contributed by atoms with E-state index in [1.54, 1.807) is 13.0 Å². The number of imide groups is 1. The summed E-state index contributed by atoms with van der Waals surface area (Å²) in [7, 11) is 0. The first-order valence-corrected chi connectivity index (χ1v) is 13.0. The van der Waals surface area contributed by atoms with Crippen LogP contribution in [0.3, 0.4) is 0 Å². The number of carbonyl (C=O) groups is 3. The molecule has 0 saturated carbocycles. The molecule has 1 saturated heterocycles. The van der Waals surface area contributed by atoms with Crippen LogP contribution in [0.4, 0.5) is 11.4 Å². The molecule has 0 unspecified atom stereocenters. The summed E-state index contributed by atoms with van der Waals surface area (Å²) < 4.78 is 5.81. The molecule has 3 aliphatic rings. The number of carbonyl (C=O) groups excluding carboxylic acids is 3. The largest absolute Gasteiger partial charge is 0.425 e. The molecule has 2 aliphatic heterocycles. The summed E-state index contributed by atoms with van der Waals surface area (Å²) in [5, 5.41) is 13.4. The topological polar surface area (TPSA) is 107 Å². The highest BCUT2D eigenvalue weighted by Crippen LogP contribution is 2.56. The van der Waals surface area contributed by atoms with Crippen LogP contribution in [0.5, 0.6) is 5.75 Å². The Balaban J connectivity index is 1.46. The maximum absolute atomic E-state index is 14.2. The molecule has 8 heteroatoms. The minimum absolute atomic E-state index is 0.155. The molecule has 0 spiro atoms. The quantitative estimate of drug-likeness (QED) is 0.113. The number of rotatable bonds is 3. The normalized spacial score (nSPS) is 23.3. The van der Waals surface area contributed by atoms with Crippen molar-refractivity contribution in [1.82, 2.24) is 0 Å². The van der Waals surface area contributed by atoms with Gasteiger partial charge < -0.3 is 4.74 Å². The van der Waals surface area contributed by atoms with Gasteiger partial charge in [0, 0.05) is 23.6 Å². The Labute approximate surface area is 228 Å². The van der Waals surface area contributed by atoms with Crippen molar-refractivity contribution in [2.24, 2.45) is 17.8 Å². The number of nitro benzene ring substituents is 1. The van der Waals surface area contributed by atoms with Crippen molar-refractivity contribution in [3.8, 4) is 5.75 Å². The summed E-state index contributed by atoms with van der Waals surface area (Å²) in [6.07, 6.45) is 1.95. The number of amides is 2. The molecule has 2 heterocycles. The Morgan fingerprint density at radius 2 is 1.57 bits per heavy atom. The lowest BCUT2D eigenvalue weighted by Gasteiger charge is -2.38. The zero-order valence-corrected chi connectivity index (χ0v) is 21.3. The highest BCUT2D eigenvalue weighted by molar-refractivity contribution is 6.25. The van der Waals surface area contributed by atoms with Gasteiger partial charge in [0.15, 0.2) is 0 Å². The fraction of sp³-hybridized carbons (Fsp3) is 0.156. The van der Waals surface area contributed by atoms with Crippen molar-refractivity contribution in [1.29, 1.82) is 0 Å². The average molecular weight is 531 g/mol. The van der Waals surface area contributed by atoms with Crippen LogP contribution < -0.4 is 9.64 Å². The lowest BCUT2D eigenvalue weighted by molar-refractivity contribution is -0.384. The first kappa shape index (κ1) is 24.0. The van der Waals surface area contributed by atoms with E-state index in [9.17, 15) is 24.5 Å². The second-order valence-corrected chi connectivity index (χ2v) is 10.4. The van der Waals surface area contributed by atoms with E-state index in [4.69, 9.17) is 4.74 Å². The lowest BCUT2D eigenvalue weighted by Crippen LogP contribution is -2.42. The van der Waals surface area contributed by atoms with Crippen molar-refractivity contribution >= 4 is 45.5 Å². The van der Waals surface area contributed by atoms with Gasteiger partial charge >= 0.3 is 5.97 Å².